The molecule has 2 heteroatoms. The molecule has 11 rings (SSSR count). The minimum Gasteiger partial charge on any atom is -0.309 e. The molecule has 0 N–H and O–H groups in total. The van der Waals surface area contributed by atoms with Gasteiger partial charge in [0.15, 0.2) is 0 Å². The van der Waals surface area contributed by atoms with Crippen LogP contribution >= 0.6 is 11.3 Å². The molecule has 0 saturated carbocycles. The molecule has 0 fully saturated rings. The van der Waals surface area contributed by atoms with Gasteiger partial charge in [-0.1, -0.05) is 158 Å². The van der Waals surface area contributed by atoms with Crippen molar-refractivity contribution in [2.45, 2.75) is 0 Å². The van der Waals surface area contributed by atoms with Crippen LogP contribution in [0.15, 0.2) is 188 Å². The first-order chi connectivity index (χ1) is 25.8. The molecule has 2 heterocycles. The minimum absolute atomic E-state index is 1.16. The molecular formula is C50H31NS. The maximum atomic E-state index is 2.47. The van der Waals surface area contributed by atoms with Crippen LogP contribution in [0.5, 0.6) is 0 Å². The molecule has 2 aromatic heterocycles. The summed E-state index contributed by atoms with van der Waals surface area (Å²) >= 11 is 1.90. The van der Waals surface area contributed by atoms with Gasteiger partial charge in [-0.2, -0.15) is 0 Å². The molecule has 0 spiro atoms. The van der Waals surface area contributed by atoms with E-state index < -0.39 is 0 Å². The molecule has 242 valence electrons. The normalized spacial score (nSPS) is 11.8. The molecule has 0 radical (unpaired) electrons. The Kier molecular flexibility index (Phi) is 6.49. The number of nitrogens with zero attached hydrogens (tertiary/aromatic N) is 1. The van der Waals surface area contributed by atoms with Gasteiger partial charge >= 0.3 is 0 Å². The van der Waals surface area contributed by atoms with Crippen molar-refractivity contribution >= 4 is 74.9 Å². The summed E-state index contributed by atoms with van der Waals surface area (Å²) < 4.78 is 5.15. The Labute approximate surface area is 305 Å². The Morgan fingerprint density at radius 3 is 1.46 bits per heavy atom. The molecule has 0 saturated heterocycles. The maximum absolute atomic E-state index is 2.47. The monoisotopic (exact) mass is 677 g/mol. The van der Waals surface area contributed by atoms with Gasteiger partial charge in [0.1, 0.15) is 0 Å². The van der Waals surface area contributed by atoms with Gasteiger partial charge in [-0.25, -0.2) is 0 Å². The third-order valence-electron chi connectivity index (χ3n) is 10.8. The van der Waals surface area contributed by atoms with Gasteiger partial charge in [0.2, 0.25) is 0 Å². The van der Waals surface area contributed by atoms with Crippen molar-refractivity contribution in [2.75, 3.05) is 0 Å². The third-order valence-corrected chi connectivity index (χ3v) is 12.0. The van der Waals surface area contributed by atoms with E-state index in [0.29, 0.717) is 0 Å². The van der Waals surface area contributed by atoms with Crippen LogP contribution in [0.1, 0.15) is 0 Å². The lowest BCUT2D eigenvalue weighted by atomic mass is 9.86. The fraction of sp³-hybridized carbons (Fsp3) is 0. The van der Waals surface area contributed by atoms with E-state index in [-0.39, 0.29) is 0 Å². The molecule has 1 nitrogen and oxygen atoms in total. The largest absolute Gasteiger partial charge is 0.309 e. The second-order valence-electron chi connectivity index (χ2n) is 13.6. The summed E-state index contributed by atoms with van der Waals surface area (Å²) in [4.78, 5) is 0. The van der Waals surface area contributed by atoms with Gasteiger partial charge in [0.25, 0.3) is 0 Å². The number of fused-ring (bicyclic) bond motifs is 9. The van der Waals surface area contributed by atoms with Gasteiger partial charge < -0.3 is 4.57 Å². The fourth-order valence-corrected chi connectivity index (χ4v) is 9.76. The van der Waals surface area contributed by atoms with E-state index in [1.807, 2.05) is 11.3 Å². The first kappa shape index (κ1) is 29.3. The molecular weight excluding hydrogens is 647 g/mol. The van der Waals surface area contributed by atoms with Crippen molar-refractivity contribution in [3.05, 3.63) is 188 Å². The average molecular weight is 678 g/mol. The molecule has 9 aromatic carbocycles. The first-order valence-corrected chi connectivity index (χ1v) is 18.7. The van der Waals surface area contributed by atoms with Gasteiger partial charge in [-0.15, -0.1) is 11.3 Å². The van der Waals surface area contributed by atoms with Crippen molar-refractivity contribution in [1.29, 1.82) is 0 Å². The molecule has 0 amide bonds. The average Bonchev–Trinajstić information content (AvgIpc) is 3.76. The highest BCUT2D eigenvalue weighted by molar-refractivity contribution is 7.26. The zero-order valence-electron chi connectivity index (χ0n) is 28.3. The molecule has 0 aliphatic rings. The fourth-order valence-electron chi connectivity index (χ4n) is 8.50. The standard InChI is InChI=1S/C50H31NS/c1-3-13-32(14-4-1)35-25-28-43-45(31-35)51(44-30-29-42-37-17-11-12-22-46(37)52-50(42)49(43)44)36-26-23-34(24-27-36)48-40-20-9-7-18-38(40)47(33-15-5-2-6-16-33)39-19-8-10-21-41(39)48/h1-31H. The summed E-state index contributed by atoms with van der Waals surface area (Å²) in [6.45, 7) is 0. The minimum atomic E-state index is 1.16. The maximum Gasteiger partial charge on any atom is 0.0555 e. The van der Waals surface area contributed by atoms with Crippen LogP contribution in [0.3, 0.4) is 0 Å². The lowest BCUT2D eigenvalue weighted by Gasteiger charge is -2.18. The lowest BCUT2D eigenvalue weighted by Crippen LogP contribution is -1.95. The van der Waals surface area contributed by atoms with Crippen molar-refractivity contribution in [3.63, 3.8) is 0 Å². The third kappa shape index (κ3) is 4.35. The van der Waals surface area contributed by atoms with Crippen LogP contribution in [-0.2, 0) is 0 Å². The van der Waals surface area contributed by atoms with E-state index in [9.17, 15) is 0 Å². The predicted molar refractivity (Wildman–Crippen MR) is 225 cm³/mol. The molecule has 0 bridgehead atoms. The highest BCUT2D eigenvalue weighted by Gasteiger charge is 2.20. The Bertz CT molecular complexity index is 3090. The van der Waals surface area contributed by atoms with E-state index in [1.54, 1.807) is 0 Å². The number of thiophene rings is 1. The van der Waals surface area contributed by atoms with Crippen LogP contribution in [0.2, 0.25) is 0 Å². The number of benzene rings is 9. The van der Waals surface area contributed by atoms with Crippen LogP contribution in [0.4, 0.5) is 0 Å². The van der Waals surface area contributed by atoms with E-state index in [0.717, 1.165) is 5.69 Å². The molecule has 52 heavy (non-hydrogen) atoms. The van der Waals surface area contributed by atoms with Gasteiger partial charge in [-0.05, 0) is 85.3 Å². The van der Waals surface area contributed by atoms with E-state index in [4.69, 9.17) is 0 Å². The van der Waals surface area contributed by atoms with Crippen molar-refractivity contribution in [2.24, 2.45) is 0 Å². The predicted octanol–water partition coefficient (Wildman–Crippen LogP) is 14.5. The quantitative estimate of drug-likeness (QED) is 0.163. The Morgan fingerprint density at radius 2 is 0.827 bits per heavy atom. The molecule has 0 atom stereocenters. The molecule has 0 unspecified atom stereocenters. The van der Waals surface area contributed by atoms with E-state index in [2.05, 4.69) is 193 Å². The summed E-state index contributed by atoms with van der Waals surface area (Å²) in [5, 5.41) is 10.3. The second-order valence-corrected chi connectivity index (χ2v) is 14.7. The Hall–Kier alpha value is -6.48. The highest BCUT2D eigenvalue weighted by Crippen LogP contribution is 2.46. The zero-order chi connectivity index (χ0) is 34.2. The number of aromatic nitrogens is 1. The lowest BCUT2D eigenvalue weighted by molar-refractivity contribution is 1.18. The van der Waals surface area contributed by atoms with Gasteiger partial charge in [0, 0.05) is 36.6 Å². The summed E-state index contributed by atoms with van der Waals surface area (Å²) in [6.07, 6.45) is 0. The number of hydrogen-bond acceptors (Lipinski definition) is 1. The van der Waals surface area contributed by atoms with Gasteiger partial charge in [0.05, 0.1) is 11.0 Å². The number of hydrogen-bond donors (Lipinski definition) is 0. The Morgan fingerprint density at radius 1 is 0.327 bits per heavy atom. The van der Waals surface area contributed by atoms with E-state index >= 15 is 0 Å². The van der Waals surface area contributed by atoms with Crippen LogP contribution < -0.4 is 0 Å². The molecule has 0 aliphatic carbocycles. The smallest absolute Gasteiger partial charge is 0.0555 e. The summed E-state index contributed by atoms with van der Waals surface area (Å²) in [6, 6.07) is 69.0. The Balaban J connectivity index is 1.16. The van der Waals surface area contributed by atoms with Crippen LogP contribution in [-0.4, -0.2) is 4.57 Å². The van der Waals surface area contributed by atoms with Crippen molar-refractivity contribution in [1.82, 2.24) is 4.57 Å². The first-order valence-electron chi connectivity index (χ1n) is 17.9. The highest BCUT2D eigenvalue weighted by atomic mass is 32.1. The zero-order valence-corrected chi connectivity index (χ0v) is 29.1. The summed E-state index contributed by atoms with van der Waals surface area (Å²) in [5.41, 5.74) is 11.1. The molecule has 0 aliphatic heterocycles. The van der Waals surface area contributed by atoms with E-state index in [1.165, 1.54) is 96.9 Å². The molecule has 11 aromatic rings. The SMILES string of the molecule is c1ccc(-c2ccc3c4c5sc6ccccc6c5ccc4n(-c4ccc(-c5c6ccccc6c(-c6ccccc6)c6ccccc56)cc4)c3c2)cc1. The summed E-state index contributed by atoms with van der Waals surface area (Å²) in [5.74, 6) is 0. The number of rotatable bonds is 4. The second kappa shape index (κ2) is 11.5. The van der Waals surface area contributed by atoms with Crippen molar-refractivity contribution in [3.8, 4) is 39.1 Å². The topological polar surface area (TPSA) is 4.93 Å². The van der Waals surface area contributed by atoms with Crippen LogP contribution in [0, 0.1) is 0 Å². The van der Waals surface area contributed by atoms with Gasteiger partial charge in [-0.3, -0.25) is 0 Å². The van der Waals surface area contributed by atoms with Crippen molar-refractivity contribution < 1.29 is 0 Å². The summed E-state index contributed by atoms with van der Waals surface area (Å²) in [7, 11) is 0. The van der Waals surface area contributed by atoms with Crippen LogP contribution in [0.25, 0.3) is 103 Å².